The Morgan fingerprint density at radius 3 is 2.66 bits per heavy atom. The van der Waals surface area contributed by atoms with E-state index >= 15 is 0 Å². The van der Waals surface area contributed by atoms with Crippen molar-refractivity contribution < 1.29 is 9.32 Å². The van der Waals surface area contributed by atoms with Crippen LogP contribution in [0.3, 0.4) is 0 Å². The van der Waals surface area contributed by atoms with Crippen LogP contribution in [-0.4, -0.2) is 26.1 Å². The zero-order chi connectivity index (χ0) is 22.2. The lowest BCUT2D eigenvalue weighted by Gasteiger charge is -2.09. The molecular weight excluding hydrogens is 426 g/mol. The second kappa shape index (κ2) is 7.94. The van der Waals surface area contributed by atoms with Crippen molar-refractivity contribution in [3.8, 4) is 17.0 Å². The molecule has 0 unspecified atom stereocenters. The number of nitrogens with one attached hydrogen (secondary N) is 1. The Morgan fingerprint density at radius 1 is 1.03 bits per heavy atom. The van der Waals surface area contributed by atoms with Gasteiger partial charge in [-0.25, -0.2) is 4.68 Å². The molecule has 32 heavy (non-hydrogen) atoms. The van der Waals surface area contributed by atoms with Crippen molar-refractivity contribution in [1.82, 2.24) is 20.2 Å². The molecule has 0 aliphatic carbocycles. The molecule has 0 atom stereocenters. The van der Waals surface area contributed by atoms with E-state index in [2.05, 4.69) is 20.8 Å². The molecule has 8 heteroatoms. The number of hydrogen-bond donors (Lipinski definition) is 1. The average Bonchev–Trinajstić information content (AvgIpc) is 3.40. The van der Waals surface area contributed by atoms with Gasteiger partial charge >= 0.3 is 0 Å². The van der Waals surface area contributed by atoms with E-state index in [1.807, 2.05) is 55.5 Å². The Balaban J connectivity index is 1.50. The first-order valence-corrected chi connectivity index (χ1v) is 10.3. The van der Waals surface area contributed by atoms with Gasteiger partial charge in [0, 0.05) is 16.3 Å². The van der Waals surface area contributed by atoms with Crippen LogP contribution in [0.15, 0.2) is 71.3 Å². The van der Waals surface area contributed by atoms with Gasteiger partial charge in [0.15, 0.2) is 11.5 Å². The highest BCUT2D eigenvalue weighted by Crippen LogP contribution is 2.30. The second-order valence-electron chi connectivity index (χ2n) is 7.38. The minimum atomic E-state index is -0.352. The Bertz CT molecular complexity index is 1460. The third kappa shape index (κ3) is 3.42. The van der Waals surface area contributed by atoms with Crippen LogP contribution in [0.2, 0.25) is 5.02 Å². The number of benzene rings is 3. The Kier molecular flexibility index (Phi) is 4.95. The molecule has 1 amide bonds. The lowest BCUT2D eigenvalue weighted by molar-refractivity contribution is 0.102. The molecule has 5 aromatic rings. The van der Waals surface area contributed by atoms with Gasteiger partial charge in [0.05, 0.1) is 16.8 Å². The van der Waals surface area contributed by atoms with Gasteiger partial charge in [-0.1, -0.05) is 58.4 Å². The number of carbonyl (C=O) groups excluding carboxylic acids is 1. The number of carbonyl (C=O) groups is 1. The van der Waals surface area contributed by atoms with Gasteiger partial charge in [0.1, 0.15) is 5.52 Å². The number of rotatable bonds is 4. The highest BCUT2D eigenvalue weighted by Gasteiger charge is 2.19. The van der Waals surface area contributed by atoms with Crippen molar-refractivity contribution in [3.63, 3.8) is 0 Å². The molecule has 0 spiro atoms. The molecule has 5 rings (SSSR count). The van der Waals surface area contributed by atoms with Crippen LogP contribution in [0, 0.1) is 13.8 Å². The van der Waals surface area contributed by atoms with E-state index in [0.717, 1.165) is 27.7 Å². The molecule has 0 saturated heterocycles. The third-order valence-corrected chi connectivity index (χ3v) is 5.78. The van der Waals surface area contributed by atoms with E-state index in [9.17, 15) is 4.79 Å². The number of aromatic nitrogens is 4. The first-order valence-electron chi connectivity index (χ1n) is 9.97. The minimum Gasteiger partial charge on any atom is -0.355 e. The first kappa shape index (κ1) is 20.0. The van der Waals surface area contributed by atoms with Crippen LogP contribution >= 0.6 is 11.6 Å². The summed E-state index contributed by atoms with van der Waals surface area (Å²) >= 11 is 6.16. The largest absolute Gasteiger partial charge is 0.355 e. The summed E-state index contributed by atoms with van der Waals surface area (Å²) in [4.78, 5) is 12.9. The zero-order valence-corrected chi connectivity index (χ0v) is 18.1. The van der Waals surface area contributed by atoms with Crippen LogP contribution in [-0.2, 0) is 0 Å². The molecule has 0 bridgehead atoms. The molecule has 0 radical (unpaired) electrons. The maximum absolute atomic E-state index is 12.9. The van der Waals surface area contributed by atoms with Crippen molar-refractivity contribution in [2.24, 2.45) is 0 Å². The predicted molar refractivity (Wildman–Crippen MR) is 123 cm³/mol. The van der Waals surface area contributed by atoms with Gasteiger partial charge in [-0.2, -0.15) is 0 Å². The van der Waals surface area contributed by atoms with Crippen LogP contribution < -0.4 is 5.32 Å². The summed E-state index contributed by atoms with van der Waals surface area (Å²) in [5.41, 5.74) is 4.69. The van der Waals surface area contributed by atoms with Gasteiger partial charge in [0.2, 0.25) is 0 Å². The van der Waals surface area contributed by atoms with E-state index in [-0.39, 0.29) is 11.6 Å². The molecule has 2 aromatic heterocycles. The molecule has 2 heterocycles. The molecular formula is C24H18ClN5O2. The number of halogens is 1. The fourth-order valence-corrected chi connectivity index (χ4v) is 3.74. The fraction of sp³-hybridized carbons (Fsp3) is 0.0833. The van der Waals surface area contributed by atoms with Gasteiger partial charge < -0.3 is 9.84 Å². The van der Waals surface area contributed by atoms with Gasteiger partial charge in [-0.15, -0.1) is 5.10 Å². The van der Waals surface area contributed by atoms with Gasteiger partial charge in [-0.3, -0.25) is 4.79 Å². The van der Waals surface area contributed by atoms with E-state index in [4.69, 9.17) is 16.1 Å². The molecule has 0 fully saturated rings. The highest BCUT2D eigenvalue weighted by atomic mass is 35.5. The standard InChI is InChI=1S/C24H18ClN5O2/c1-14-19(25)9-6-10-20(14)26-24(31)22-15(2)30(29-27-22)17-11-12-21-18(13-17)23(32-28-21)16-7-4-3-5-8-16/h3-13H,1-2H3,(H,26,31). The van der Waals surface area contributed by atoms with Crippen molar-refractivity contribution >= 4 is 34.1 Å². The number of fused-ring (bicyclic) bond motifs is 1. The van der Waals surface area contributed by atoms with E-state index in [1.54, 1.807) is 29.8 Å². The van der Waals surface area contributed by atoms with Crippen molar-refractivity contribution in [3.05, 3.63) is 88.7 Å². The third-order valence-electron chi connectivity index (χ3n) is 5.37. The van der Waals surface area contributed by atoms with Crippen LogP contribution in [0.4, 0.5) is 5.69 Å². The van der Waals surface area contributed by atoms with E-state index < -0.39 is 0 Å². The molecule has 0 aliphatic heterocycles. The molecule has 7 nitrogen and oxygen atoms in total. The maximum atomic E-state index is 12.9. The number of amides is 1. The fourth-order valence-electron chi connectivity index (χ4n) is 3.57. The quantitative estimate of drug-likeness (QED) is 0.391. The Labute approximate surface area is 188 Å². The summed E-state index contributed by atoms with van der Waals surface area (Å²) in [6.45, 7) is 3.65. The molecule has 0 saturated carbocycles. The number of anilines is 1. The lowest BCUT2D eigenvalue weighted by atomic mass is 10.1. The van der Waals surface area contributed by atoms with Crippen molar-refractivity contribution in [1.29, 1.82) is 0 Å². The van der Waals surface area contributed by atoms with Crippen molar-refractivity contribution in [2.45, 2.75) is 13.8 Å². The van der Waals surface area contributed by atoms with Gasteiger partial charge in [0.25, 0.3) is 5.91 Å². The molecule has 158 valence electrons. The highest BCUT2D eigenvalue weighted by molar-refractivity contribution is 6.31. The Morgan fingerprint density at radius 2 is 1.84 bits per heavy atom. The van der Waals surface area contributed by atoms with Crippen LogP contribution in [0.5, 0.6) is 0 Å². The smallest absolute Gasteiger partial charge is 0.278 e. The van der Waals surface area contributed by atoms with Crippen molar-refractivity contribution in [2.75, 3.05) is 5.32 Å². The van der Waals surface area contributed by atoms with E-state index in [1.165, 1.54) is 0 Å². The lowest BCUT2D eigenvalue weighted by Crippen LogP contribution is -2.15. The SMILES string of the molecule is Cc1c(Cl)cccc1NC(=O)c1nnn(-c2ccc3noc(-c4ccccc4)c3c2)c1C. The monoisotopic (exact) mass is 443 g/mol. The summed E-state index contributed by atoms with van der Waals surface area (Å²) in [6.07, 6.45) is 0. The molecule has 0 aliphatic rings. The zero-order valence-electron chi connectivity index (χ0n) is 17.3. The minimum absolute atomic E-state index is 0.234. The molecule has 1 N–H and O–H groups in total. The molecule has 3 aromatic carbocycles. The van der Waals surface area contributed by atoms with Crippen LogP contribution in [0.25, 0.3) is 27.9 Å². The van der Waals surface area contributed by atoms with E-state index in [0.29, 0.717) is 22.2 Å². The predicted octanol–water partition coefficient (Wildman–Crippen LogP) is 5.60. The summed E-state index contributed by atoms with van der Waals surface area (Å²) in [6, 6.07) is 20.8. The Hall–Kier alpha value is -3.97. The van der Waals surface area contributed by atoms with Gasteiger partial charge in [-0.05, 0) is 49.7 Å². The summed E-state index contributed by atoms with van der Waals surface area (Å²) in [7, 11) is 0. The normalized spacial score (nSPS) is 11.1. The van der Waals surface area contributed by atoms with Crippen LogP contribution in [0.1, 0.15) is 21.7 Å². The number of nitrogens with zero attached hydrogens (tertiary/aromatic N) is 4. The summed E-state index contributed by atoms with van der Waals surface area (Å²) in [5, 5.41) is 16.8. The topological polar surface area (TPSA) is 85.8 Å². The number of hydrogen-bond acceptors (Lipinski definition) is 5. The average molecular weight is 444 g/mol. The summed E-state index contributed by atoms with van der Waals surface area (Å²) < 4.78 is 7.21. The second-order valence-corrected chi connectivity index (χ2v) is 7.79. The maximum Gasteiger partial charge on any atom is 0.278 e. The summed E-state index contributed by atoms with van der Waals surface area (Å²) in [5.74, 6) is 0.324. The first-order chi connectivity index (χ1) is 15.5.